The zero-order chi connectivity index (χ0) is 20.8. The number of carbonyl (C=O) groups is 1. The number of hydrogen-bond donors (Lipinski definition) is 1. The number of halogens is 1. The lowest BCUT2D eigenvalue weighted by molar-refractivity contribution is 0.0305. The first-order valence-electron chi connectivity index (χ1n) is 9.53. The number of hydrogen-bond acceptors (Lipinski definition) is 5. The summed E-state index contributed by atoms with van der Waals surface area (Å²) in [5, 5.41) is 7.11. The number of H-pyrrole nitrogens is 1. The third kappa shape index (κ3) is 5.43. The van der Waals surface area contributed by atoms with Crippen LogP contribution in [0.1, 0.15) is 40.7 Å². The summed E-state index contributed by atoms with van der Waals surface area (Å²) in [5.74, 6) is -0.988. The molecule has 7 nitrogen and oxygen atoms in total. The van der Waals surface area contributed by atoms with Crippen LogP contribution in [0.15, 0.2) is 36.9 Å². The third-order valence-electron chi connectivity index (χ3n) is 4.61. The van der Waals surface area contributed by atoms with E-state index in [1.54, 1.807) is 25.6 Å². The number of carbonyl (C=O) groups excluding carboxylic acids is 1. The number of benzene rings is 1. The molecule has 3 rings (SSSR count). The van der Waals surface area contributed by atoms with E-state index in [1.807, 2.05) is 18.4 Å². The van der Waals surface area contributed by atoms with Gasteiger partial charge in [0.2, 0.25) is 0 Å². The molecular formula is C21H25FN4O3. The predicted molar refractivity (Wildman–Crippen MR) is 105 cm³/mol. The van der Waals surface area contributed by atoms with Crippen molar-refractivity contribution in [3.8, 4) is 5.75 Å². The van der Waals surface area contributed by atoms with E-state index in [-0.39, 0.29) is 17.4 Å². The maximum Gasteiger partial charge on any atom is 0.338 e. The molecule has 0 saturated carbocycles. The van der Waals surface area contributed by atoms with E-state index in [0.717, 1.165) is 23.4 Å². The number of imidazole rings is 1. The Bertz CT molecular complexity index is 933. The second-order valence-electron chi connectivity index (χ2n) is 6.99. The lowest BCUT2D eigenvalue weighted by Gasteiger charge is -2.14. The van der Waals surface area contributed by atoms with Gasteiger partial charge < -0.3 is 14.0 Å². The maximum atomic E-state index is 14.1. The monoisotopic (exact) mass is 400 g/mol. The number of esters is 1. The molecule has 1 unspecified atom stereocenters. The van der Waals surface area contributed by atoms with Gasteiger partial charge >= 0.3 is 5.97 Å². The minimum atomic E-state index is -0.521. The number of rotatable bonds is 9. The van der Waals surface area contributed by atoms with Crippen molar-refractivity contribution < 1.29 is 18.7 Å². The molecule has 0 aliphatic carbocycles. The Morgan fingerprint density at radius 3 is 2.86 bits per heavy atom. The number of ether oxygens (including phenoxy) is 2. The van der Waals surface area contributed by atoms with Crippen LogP contribution >= 0.6 is 0 Å². The van der Waals surface area contributed by atoms with Crippen LogP contribution in [0.4, 0.5) is 4.39 Å². The van der Waals surface area contributed by atoms with E-state index in [0.29, 0.717) is 19.6 Å². The third-order valence-corrected chi connectivity index (χ3v) is 4.61. The van der Waals surface area contributed by atoms with Gasteiger partial charge in [0, 0.05) is 18.1 Å². The van der Waals surface area contributed by atoms with Crippen LogP contribution in [0.3, 0.4) is 0 Å². The van der Waals surface area contributed by atoms with E-state index in [4.69, 9.17) is 9.47 Å². The highest BCUT2D eigenvalue weighted by Gasteiger charge is 2.15. The molecule has 0 saturated heterocycles. The lowest BCUT2D eigenvalue weighted by atomic mass is 10.1. The second-order valence-corrected chi connectivity index (χ2v) is 6.99. The van der Waals surface area contributed by atoms with E-state index in [9.17, 15) is 9.18 Å². The molecule has 0 spiro atoms. The fourth-order valence-electron chi connectivity index (χ4n) is 3.09. The minimum Gasteiger partial charge on any atom is -0.490 e. The summed E-state index contributed by atoms with van der Waals surface area (Å²) in [4.78, 5) is 16.3. The highest BCUT2D eigenvalue weighted by Crippen LogP contribution is 2.21. The quantitative estimate of drug-likeness (QED) is 0.438. The molecule has 8 heteroatoms. The molecule has 1 N–H and O–H groups in total. The van der Waals surface area contributed by atoms with Crippen LogP contribution in [-0.2, 0) is 17.7 Å². The van der Waals surface area contributed by atoms with Crippen molar-refractivity contribution in [1.82, 2.24) is 19.7 Å². The van der Waals surface area contributed by atoms with Crippen LogP contribution in [-0.4, -0.2) is 38.4 Å². The number of nitrogens with zero attached hydrogens (tertiary/aromatic N) is 3. The molecule has 0 aliphatic heterocycles. The lowest BCUT2D eigenvalue weighted by Crippen LogP contribution is -2.20. The molecule has 0 aliphatic rings. The van der Waals surface area contributed by atoms with Crippen molar-refractivity contribution >= 4 is 5.97 Å². The SMILES string of the molecule is Cc1n[nH]c(C)c1CCCOc1cc(C(=O)OC(C)Cn2ccnc2)ccc1F. The Labute approximate surface area is 168 Å². The summed E-state index contributed by atoms with van der Waals surface area (Å²) in [7, 11) is 0. The van der Waals surface area contributed by atoms with Gasteiger partial charge in [-0.2, -0.15) is 5.10 Å². The number of aromatic amines is 1. The average Bonchev–Trinajstić information content (AvgIpc) is 3.30. The standard InChI is InChI=1S/C21H25FN4O3/c1-14(12-26-9-8-23-13-26)29-21(27)17-6-7-19(22)20(11-17)28-10-4-5-18-15(2)24-25-16(18)3/h6-9,11,13-14H,4-5,10,12H2,1-3H3,(H,24,25). The van der Waals surface area contributed by atoms with E-state index >= 15 is 0 Å². The normalized spacial score (nSPS) is 12.0. The van der Waals surface area contributed by atoms with Gasteiger partial charge in [-0.1, -0.05) is 0 Å². The van der Waals surface area contributed by atoms with E-state index < -0.39 is 11.8 Å². The van der Waals surface area contributed by atoms with Gasteiger partial charge in [-0.3, -0.25) is 5.10 Å². The van der Waals surface area contributed by atoms with Crippen LogP contribution < -0.4 is 4.74 Å². The molecule has 2 heterocycles. The second kappa shape index (κ2) is 9.36. The Morgan fingerprint density at radius 1 is 1.34 bits per heavy atom. The Hall–Kier alpha value is -3.16. The van der Waals surface area contributed by atoms with Crippen LogP contribution in [0, 0.1) is 19.7 Å². The minimum absolute atomic E-state index is 0.0438. The average molecular weight is 400 g/mol. The van der Waals surface area contributed by atoms with Crippen molar-refractivity contribution in [2.24, 2.45) is 0 Å². The van der Waals surface area contributed by atoms with Crippen molar-refractivity contribution in [2.75, 3.05) is 6.61 Å². The van der Waals surface area contributed by atoms with Gasteiger partial charge in [-0.25, -0.2) is 14.2 Å². The van der Waals surface area contributed by atoms with Crippen molar-refractivity contribution in [3.05, 3.63) is 65.3 Å². The summed E-state index contributed by atoms with van der Waals surface area (Å²) in [6.07, 6.45) is 6.24. The molecule has 154 valence electrons. The first-order chi connectivity index (χ1) is 13.9. The first-order valence-corrected chi connectivity index (χ1v) is 9.53. The van der Waals surface area contributed by atoms with Crippen molar-refractivity contribution in [1.29, 1.82) is 0 Å². The fourth-order valence-corrected chi connectivity index (χ4v) is 3.09. The summed E-state index contributed by atoms with van der Waals surface area (Å²) < 4.78 is 26.9. The van der Waals surface area contributed by atoms with Gasteiger partial charge in [-0.05, 0) is 57.4 Å². The number of aryl methyl sites for hydroxylation is 2. The molecule has 1 aromatic carbocycles. The largest absolute Gasteiger partial charge is 0.490 e. The van der Waals surface area contributed by atoms with E-state index in [2.05, 4.69) is 15.2 Å². The smallest absolute Gasteiger partial charge is 0.338 e. The summed E-state index contributed by atoms with van der Waals surface area (Å²) in [6, 6.07) is 4.00. The highest BCUT2D eigenvalue weighted by molar-refractivity contribution is 5.90. The molecule has 2 aromatic heterocycles. The van der Waals surface area contributed by atoms with Gasteiger partial charge in [-0.15, -0.1) is 0 Å². The Morgan fingerprint density at radius 2 is 2.17 bits per heavy atom. The maximum absolute atomic E-state index is 14.1. The Balaban J connectivity index is 1.53. The molecular weight excluding hydrogens is 375 g/mol. The fraction of sp³-hybridized carbons (Fsp3) is 0.381. The molecule has 3 aromatic rings. The van der Waals surface area contributed by atoms with Crippen LogP contribution in [0.5, 0.6) is 5.75 Å². The van der Waals surface area contributed by atoms with Gasteiger partial charge in [0.1, 0.15) is 6.10 Å². The van der Waals surface area contributed by atoms with Gasteiger partial charge in [0.15, 0.2) is 11.6 Å². The summed E-state index contributed by atoms with van der Waals surface area (Å²) in [5.41, 5.74) is 3.39. The highest BCUT2D eigenvalue weighted by atomic mass is 19.1. The zero-order valence-electron chi connectivity index (χ0n) is 16.8. The zero-order valence-corrected chi connectivity index (χ0v) is 16.8. The summed E-state index contributed by atoms with van der Waals surface area (Å²) in [6.45, 7) is 6.53. The van der Waals surface area contributed by atoms with E-state index in [1.165, 1.54) is 18.2 Å². The molecule has 1 atom stereocenters. The Kier molecular flexibility index (Phi) is 6.64. The molecule has 0 amide bonds. The van der Waals surface area contributed by atoms with Crippen molar-refractivity contribution in [2.45, 2.75) is 46.3 Å². The number of aromatic nitrogens is 4. The topological polar surface area (TPSA) is 82.0 Å². The first kappa shape index (κ1) is 20.6. The van der Waals surface area contributed by atoms with Crippen LogP contribution in [0.2, 0.25) is 0 Å². The molecule has 0 bridgehead atoms. The van der Waals surface area contributed by atoms with Gasteiger partial charge in [0.05, 0.1) is 30.7 Å². The van der Waals surface area contributed by atoms with Gasteiger partial charge in [0.25, 0.3) is 0 Å². The predicted octanol–water partition coefficient (Wildman–Crippen LogP) is 3.62. The molecule has 29 heavy (non-hydrogen) atoms. The molecule has 0 fully saturated rings. The molecule has 0 radical (unpaired) electrons. The van der Waals surface area contributed by atoms with Crippen LogP contribution in [0.25, 0.3) is 0 Å². The summed E-state index contributed by atoms with van der Waals surface area (Å²) >= 11 is 0. The van der Waals surface area contributed by atoms with Crippen molar-refractivity contribution in [3.63, 3.8) is 0 Å². The number of nitrogens with one attached hydrogen (secondary N) is 1.